The van der Waals surface area contributed by atoms with E-state index in [1.165, 1.54) is 18.7 Å². The number of esters is 1. The molecule has 2 aliphatic rings. The number of ether oxygens (including phenoxy) is 5. The van der Waals surface area contributed by atoms with Crippen molar-refractivity contribution >= 4 is 17.7 Å². The molecule has 0 amide bonds. The molecule has 6 nitrogen and oxygen atoms in total. The third kappa shape index (κ3) is 4.29. The van der Waals surface area contributed by atoms with Gasteiger partial charge < -0.3 is 23.7 Å². The van der Waals surface area contributed by atoms with Gasteiger partial charge >= 0.3 is 5.97 Å². The number of hydrogen-bond donors (Lipinski definition) is 0. The second-order valence-corrected chi connectivity index (χ2v) is 7.05. The maximum absolute atomic E-state index is 11.6. The number of carbonyl (C=O) groups excluding carboxylic acids is 1. The maximum atomic E-state index is 11.6. The quantitative estimate of drug-likeness (QED) is 0.555. The van der Waals surface area contributed by atoms with Crippen molar-refractivity contribution in [3.8, 4) is 0 Å². The minimum absolute atomic E-state index is 0.297. The highest BCUT2D eigenvalue weighted by Crippen LogP contribution is 2.38. The second kappa shape index (κ2) is 9.01. The highest BCUT2D eigenvalue weighted by Gasteiger charge is 2.51. The Morgan fingerprint density at radius 3 is 2.73 bits per heavy atom. The van der Waals surface area contributed by atoms with Gasteiger partial charge in [0.1, 0.15) is 23.7 Å². The molecule has 0 bridgehead atoms. The van der Waals surface area contributed by atoms with E-state index in [0.29, 0.717) is 13.2 Å². The van der Waals surface area contributed by atoms with Crippen LogP contribution in [0.4, 0.5) is 0 Å². The van der Waals surface area contributed by atoms with E-state index in [2.05, 4.69) is 6.58 Å². The van der Waals surface area contributed by atoms with Crippen molar-refractivity contribution in [3.05, 3.63) is 48.6 Å². The van der Waals surface area contributed by atoms with E-state index in [1.54, 1.807) is 6.08 Å². The summed E-state index contributed by atoms with van der Waals surface area (Å²) in [6.45, 7) is 5.79. The summed E-state index contributed by atoms with van der Waals surface area (Å²) in [5.41, 5.74) is 0.569. The zero-order valence-electron chi connectivity index (χ0n) is 14.9. The van der Waals surface area contributed by atoms with Gasteiger partial charge in [-0.15, -0.1) is 18.3 Å². The zero-order chi connectivity index (χ0) is 18.5. The molecule has 7 heteroatoms. The van der Waals surface area contributed by atoms with E-state index in [0.717, 1.165) is 5.56 Å². The first kappa shape index (κ1) is 19.4. The lowest BCUT2D eigenvalue weighted by atomic mass is 9.98. The van der Waals surface area contributed by atoms with Gasteiger partial charge in [-0.2, -0.15) is 0 Å². The topological polar surface area (TPSA) is 63.2 Å². The molecule has 2 saturated heterocycles. The van der Waals surface area contributed by atoms with Gasteiger partial charge in [0.05, 0.1) is 13.2 Å². The SMILES string of the molecule is C=CCO[C@H]1[C@H]2OC(c3ccccc3)OC[C@H]2O[C@@H](SC)[C@@H]1OC(C)=O. The Morgan fingerprint density at radius 2 is 2.08 bits per heavy atom. The second-order valence-electron chi connectivity index (χ2n) is 6.12. The molecular formula is C19H24O6S. The molecule has 0 radical (unpaired) electrons. The van der Waals surface area contributed by atoms with Crippen molar-refractivity contribution < 1.29 is 28.5 Å². The van der Waals surface area contributed by atoms with Gasteiger partial charge in [-0.05, 0) is 6.26 Å². The number of carbonyl (C=O) groups is 1. The van der Waals surface area contributed by atoms with Gasteiger partial charge in [-0.25, -0.2) is 0 Å². The Labute approximate surface area is 157 Å². The van der Waals surface area contributed by atoms with Crippen LogP contribution in [0.25, 0.3) is 0 Å². The van der Waals surface area contributed by atoms with Crippen molar-refractivity contribution in [2.24, 2.45) is 0 Å². The van der Waals surface area contributed by atoms with Gasteiger partial charge in [-0.1, -0.05) is 36.4 Å². The fraction of sp³-hybridized carbons (Fsp3) is 0.526. The number of thioether (sulfide) groups is 1. The Morgan fingerprint density at radius 1 is 1.31 bits per heavy atom. The van der Waals surface area contributed by atoms with E-state index in [1.807, 2.05) is 36.6 Å². The number of rotatable bonds is 6. The van der Waals surface area contributed by atoms with Gasteiger partial charge in [0.25, 0.3) is 0 Å². The molecule has 6 atom stereocenters. The summed E-state index contributed by atoms with van der Waals surface area (Å²) in [4.78, 5) is 11.6. The smallest absolute Gasteiger partial charge is 0.303 e. The molecule has 1 aromatic rings. The molecule has 26 heavy (non-hydrogen) atoms. The number of hydrogen-bond acceptors (Lipinski definition) is 7. The minimum Gasteiger partial charge on any atom is -0.456 e. The van der Waals surface area contributed by atoms with Crippen LogP contribution in [0.1, 0.15) is 18.8 Å². The summed E-state index contributed by atoms with van der Waals surface area (Å²) in [7, 11) is 0. The summed E-state index contributed by atoms with van der Waals surface area (Å²) in [6, 6.07) is 9.70. The molecule has 1 aromatic carbocycles. The van der Waals surface area contributed by atoms with E-state index < -0.39 is 24.6 Å². The Hall–Kier alpha value is -1.38. The predicted octanol–water partition coefficient (Wildman–Crippen LogP) is 2.69. The molecule has 0 saturated carbocycles. The van der Waals surface area contributed by atoms with Gasteiger partial charge in [0.15, 0.2) is 12.4 Å². The van der Waals surface area contributed by atoms with E-state index in [-0.39, 0.29) is 17.5 Å². The first-order chi connectivity index (χ1) is 12.6. The molecule has 2 fully saturated rings. The lowest BCUT2D eigenvalue weighted by Gasteiger charge is -2.48. The van der Waals surface area contributed by atoms with Crippen molar-refractivity contribution in [1.82, 2.24) is 0 Å². The molecule has 0 N–H and O–H groups in total. The van der Waals surface area contributed by atoms with Gasteiger partial charge in [0.2, 0.25) is 0 Å². The Kier molecular flexibility index (Phi) is 6.72. The summed E-state index contributed by atoms with van der Waals surface area (Å²) < 4.78 is 29.6. The number of benzene rings is 1. The molecule has 0 aromatic heterocycles. The molecule has 1 unspecified atom stereocenters. The van der Waals surface area contributed by atoms with E-state index in [9.17, 15) is 4.79 Å². The molecule has 142 valence electrons. The highest BCUT2D eigenvalue weighted by molar-refractivity contribution is 7.99. The minimum atomic E-state index is -0.571. The van der Waals surface area contributed by atoms with Crippen molar-refractivity contribution in [1.29, 1.82) is 0 Å². The Balaban J connectivity index is 1.83. The van der Waals surface area contributed by atoms with Crippen molar-refractivity contribution in [2.75, 3.05) is 19.5 Å². The van der Waals surface area contributed by atoms with Crippen molar-refractivity contribution in [3.63, 3.8) is 0 Å². The van der Waals surface area contributed by atoms with Crippen LogP contribution in [0, 0.1) is 0 Å². The van der Waals surface area contributed by atoms with Gasteiger partial charge in [-0.3, -0.25) is 4.79 Å². The maximum Gasteiger partial charge on any atom is 0.303 e. The molecule has 0 spiro atoms. The first-order valence-electron chi connectivity index (χ1n) is 8.54. The molecule has 2 heterocycles. The molecular weight excluding hydrogens is 356 g/mol. The fourth-order valence-corrected chi connectivity index (χ4v) is 3.93. The summed E-state index contributed by atoms with van der Waals surface area (Å²) in [5.74, 6) is -0.380. The molecule has 3 rings (SSSR count). The van der Waals surface area contributed by atoms with E-state index in [4.69, 9.17) is 23.7 Å². The lowest BCUT2D eigenvalue weighted by molar-refractivity contribution is -0.323. The molecule has 2 aliphatic heterocycles. The third-order valence-electron chi connectivity index (χ3n) is 4.30. The fourth-order valence-electron chi connectivity index (χ4n) is 3.20. The van der Waals surface area contributed by atoms with Gasteiger partial charge in [0, 0.05) is 12.5 Å². The number of fused-ring (bicyclic) bond motifs is 1. The summed E-state index contributed by atoms with van der Waals surface area (Å²) >= 11 is 1.47. The Bertz CT molecular complexity index is 609. The largest absolute Gasteiger partial charge is 0.456 e. The average Bonchev–Trinajstić information content (AvgIpc) is 2.66. The molecule has 0 aliphatic carbocycles. The van der Waals surface area contributed by atoms with E-state index >= 15 is 0 Å². The van der Waals surface area contributed by atoms with Crippen LogP contribution >= 0.6 is 11.8 Å². The zero-order valence-corrected chi connectivity index (χ0v) is 15.7. The van der Waals surface area contributed by atoms with Crippen LogP contribution < -0.4 is 0 Å². The summed E-state index contributed by atoms with van der Waals surface area (Å²) in [6.07, 6.45) is 1.30. The van der Waals surface area contributed by atoms with Crippen molar-refractivity contribution in [2.45, 2.75) is 43.1 Å². The summed E-state index contributed by atoms with van der Waals surface area (Å²) in [5, 5.41) is 0. The normalized spacial score (nSPS) is 33.9. The highest BCUT2D eigenvalue weighted by atomic mass is 32.2. The van der Waals surface area contributed by atoms with Crippen LogP contribution in [0.2, 0.25) is 0 Å². The first-order valence-corrected chi connectivity index (χ1v) is 9.82. The standard InChI is InChI=1S/C19H24O6S/c1-4-10-21-16-15-14(24-19(26-3)17(16)23-12(2)20)11-22-18(25-15)13-8-6-5-7-9-13/h4-9,14-19H,1,10-11H2,2-3H3/t14-,15+,16+,17-,18?,19+/m1/s1. The van der Waals surface area contributed by atoms with Crippen LogP contribution in [0.5, 0.6) is 0 Å². The predicted molar refractivity (Wildman–Crippen MR) is 97.7 cm³/mol. The van der Waals surface area contributed by atoms with Crippen LogP contribution in [0.15, 0.2) is 43.0 Å². The van der Waals surface area contributed by atoms with Crippen LogP contribution in [0.3, 0.4) is 0 Å². The average molecular weight is 380 g/mol. The monoisotopic (exact) mass is 380 g/mol. The van der Waals surface area contributed by atoms with Crippen LogP contribution in [-0.4, -0.2) is 55.3 Å². The lowest BCUT2D eigenvalue weighted by Crippen LogP contribution is -2.62. The third-order valence-corrected chi connectivity index (χ3v) is 5.14. The van der Waals surface area contributed by atoms with Crippen LogP contribution in [-0.2, 0) is 28.5 Å².